The molecule has 1 unspecified atom stereocenters. The van der Waals surface area contributed by atoms with Crippen molar-refractivity contribution in [3.63, 3.8) is 0 Å². The van der Waals surface area contributed by atoms with Crippen molar-refractivity contribution in [2.45, 2.75) is 23.7 Å². The molecule has 0 aliphatic carbocycles. The molecular formula is C12H17NO2S. The van der Waals surface area contributed by atoms with Gasteiger partial charge in [-0.15, -0.1) is 0 Å². The Balaban J connectivity index is 2.40. The summed E-state index contributed by atoms with van der Waals surface area (Å²) in [6.07, 6.45) is 3.46. The molecule has 0 amide bonds. The van der Waals surface area contributed by atoms with E-state index < -0.39 is 9.84 Å². The predicted octanol–water partition coefficient (Wildman–Crippen LogP) is 1.56. The quantitative estimate of drug-likeness (QED) is 0.852. The van der Waals surface area contributed by atoms with Crippen LogP contribution in [-0.2, 0) is 9.84 Å². The molecular weight excluding hydrogens is 222 g/mol. The molecule has 0 aromatic heterocycles. The van der Waals surface area contributed by atoms with Crippen LogP contribution in [0.3, 0.4) is 0 Å². The third-order valence-corrected chi connectivity index (χ3v) is 4.23. The lowest BCUT2D eigenvalue weighted by molar-refractivity contribution is 0.456. The molecule has 1 aromatic rings. The lowest BCUT2D eigenvalue weighted by atomic mass is 9.92. The number of rotatable bonds is 2. The minimum absolute atomic E-state index is 0.333. The second kappa shape index (κ2) is 4.55. The van der Waals surface area contributed by atoms with E-state index >= 15 is 0 Å². The summed E-state index contributed by atoms with van der Waals surface area (Å²) in [4.78, 5) is 0.490. The molecule has 1 fully saturated rings. The van der Waals surface area contributed by atoms with E-state index in [1.165, 1.54) is 6.26 Å². The van der Waals surface area contributed by atoms with Gasteiger partial charge in [0.1, 0.15) is 0 Å². The Hall–Kier alpha value is -0.870. The average Bonchev–Trinajstić information content (AvgIpc) is 2.29. The summed E-state index contributed by atoms with van der Waals surface area (Å²) in [5.41, 5.74) is 0.970. The zero-order valence-electron chi connectivity index (χ0n) is 9.44. The van der Waals surface area contributed by atoms with Crippen LogP contribution in [0.5, 0.6) is 0 Å². The highest BCUT2D eigenvalue weighted by Crippen LogP contribution is 2.28. The first-order chi connectivity index (χ1) is 7.59. The molecule has 1 aliphatic heterocycles. The van der Waals surface area contributed by atoms with Crippen molar-refractivity contribution in [2.75, 3.05) is 19.3 Å². The van der Waals surface area contributed by atoms with Crippen LogP contribution in [0.1, 0.15) is 24.3 Å². The molecule has 1 N–H and O–H groups in total. The molecule has 1 aliphatic rings. The van der Waals surface area contributed by atoms with Crippen LogP contribution in [0.25, 0.3) is 0 Å². The van der Waals surface area contributed by atoms with Gasteiger partial charge in [0, 0.05) is 12.8 Å². The minimum atomic E-state index is -3.11. The third-order valence-electron chi connectivity index (χ3n) is 3.06. The Morgan fingerprint density at radius 1 is 1.31 bits per heavy atom. The first-order valence-corrected chi connectivity index (χ1v) is 7.48. The lowest BCUT2D eigenvalue weighted by Crippen LogP contribution is -2.29. The summed E-state index contributed by atoms with van der Waals surface area (Å²) in [6.45, 7) is 1.92. The van der Waals surface area contributed by atoms with E-state index in [4.69, 9.17) is 0 Å². The van der Waals surface area contributed by atoms with Crippen molar-refractivity contribution in [3.05, 3.63) is 29.8 Å². The predicted molar refractivity (Wildman–Crippen MR) is 64.4 cm³/mol. The van der Waals surface area contributed by atoms with Gasteiger partial charge in [-0.25, -0.2) is 8.42 Å². The molecule has 1 heterocycles. The number of piperidine rings is 1. The summed E-state index contributed by atoms with van der Waals surface area (Å²) in [5, 5.41) is 3.32. The molecule has 0 radical (unpaired) electrons. The fraction of sp³-hybridized carbons (Fsp3) is 0.500. The van der Waals surface area contributed by atoms with Gasteiger partial charge in [0.15, 0.2) is 9.84 Å². The third kappa shape index (κ3) is 2.44. The molecule has 1 aromatic carbocycles. The Morgan fingerprint density at radius 3 is 2.69 bits per heavy atom. The fourth-order valence-corrected chi connectivity index (χ4v) is 3.26. The molecule has 2 rings (SSSR count). The van der Waals surface area contributed by atoms with Gasteiger partial charge in [0.05, 0.1) is 4.90 Å². The van der Waals surface area contributed by atoms with Crippen molar-refractivity contribution in [1.29, 1.82) is 0 Å². The van der Waals surface area contributed by atoms with E-state index in [0.717, 1.165) is 31.5 Å². The normalized spacial score (nSPS) is 21.9. The molecule has 16 heavy (non-hydrogen) atoms. The molecule has 0 spiro atoms. The molecule has 1 atom stereocenters. The molecule has 88 valence electrons. The van der Waals surface area contributed by atoms with E-state index in [2.05, 4.69) is 5.32 Å². The summed E-state index contributed by atoms with van der Waals surface area (Å²) >= 11 is 0. The molecule has 1 saturated heterocycles. The van der Waals surface area contributed by atoms with Gasteiger partial charge >= 0.3 is 0 Å². The second-order valence-corrected chi connectivity index (χ2v) is 6.34. The topological polar surface area (TPSA) is 46.2 Å². The SMILES string of the molecule is CS(=O)(=O)c1ccccc1C1CCCNC1. The zero-order chi connectivity index (χ0) is 11.6. The summed E-state index contributed by atoms with van der Waals surface area (Å²) in [7, 11) is -3.11. The number of hydrogen-bond acceptors (Lipinski definition) is 3. The van der Waals surface area contributed by atoms with Crippen LogP contribution in [0, 0.1) is 0 Å². The smallest absolute Gasteiger partial charge is 0.175 e. The number of sulfone groups is 1. The second-order valence-electron chi connectivity index (χ2n) is 4.35. The Morgan fingerprint density at radius 2 is 2.06 bits per heavy atom. The molecule has 4 heteroatoms. The standard InChI is InChI=1S/C12H17NO2S/c1-16(14,15)12-7-3-2-6-11(12)10-5-4-8-13-9-10/h2-3,6-7,10,13H,4-5,8-9H2,1H3. The van der Waals surface area contributed by atoms with Gasteiger partial charge < -0.3 is 5.32 Å². The van der Waals surface area contributed by atoms with Crippen LogP contribution in [-0.4, -0.2) is 27.8 Å². The highest BCUT2D eigenvalue weighted by atomic mass is 32.2. The maximum Gasteiger partial charge on any atom is 0.175 e. The lowest BCUT2D eigenvalue weighted by Gasteiger charge is -2.24. The van der Waals surface area contributed by atoms with E-state index in [1.54, 1.807) is 12.1 Å². The van der Waals surface area contributed by atoms with Crippen LogP contribution >= 0.6 is 0 Å². The van der Waals surface area contributed by atoms with Gasteiger partial charge in [0.2, 0.25) is 0 Å². The van der Waals surface area contributed by atoms with Crippen molar-refractivity contribution in [1.82, 2.24) is 5.32 Å². The maximum atomic E-state index is 11.7. The van der Waals surface area contributed by atoms with Gasteiger partial charge in [-0.05, 0) is 36.9 Å². The van der Waals surface area contributed by atoms with Crippen molar-refractivity contribution in [3.8, 4) is 0 Å². The highest BCUT2D eigenvalue weighted by Gasteiger charge is 2.21. The van der Waals surface area contributed by atoms with Crippen LogP contribution < -0.4 is 5.32 Å². The van der Waals surface area contributed by atoms with Crippen LogP contribution in [0.2, 0.25) is 0 Å². The maximum absolute atomic E-state index is 11.7. The number of nitrogens with one attached hydrogen (secondary N) is 1. The fourth-order valence-electron chi connectivity index (χ4n) is 2.27. The van der Waals surface area contributed by atoms with E-state index in [0.29, 0.717) is 10.8 Å². The van der Waals surface area contributed by atoms with E-state index in [9.17, 15) is 8.42 Å². The first kappa shape index (κ1) is 11.6. The monoisotopic (exact) mass is 239 g/mol. The van der Waals surface area contributed by atoms with Crippen molar-refractivity contribution in [2.24, 2.45) is 0 Å². The molecule has 0 saturated carbocycles. The van der Waals surface area contributed by atoms with Gasteiger partial charge in [-0.1, -0.05) is 18.2 Å². The zero-order valence-corrected chi connectivity index (χ0v) is 10.3. The van der Waals surface area contributed by atoms with Crippen molar-refractivity contribution >= 4 is 9.84 Å². The number of hydrogen-bond donors (Lipinski definition) is 1. The Labute approximate surface area is 96.8 Å². The van der Waals surface area contributed by atoms with Crippen molar-refractivity contribution < 1.29 is 8.42 Å². The van der Waals surface area contributed by atoms with E-state index in [-0.39, 0.29) is 0 Å². The van der Waals surface area contributed by atoms with Gasteiger partial charge in [-0.3, -0.25) is 0 Å². The number of benzene rings is 1. The minimum Gasteiger partial charge on any atom is -0.316 e. The van der Waals surface area contributed by atoms with Crippen LogP contribution in [0.15, 0.2) is 29.2 Å². The molecule has 3 nitrogen and oxygen atoms in total. The Kier molecular flexibility index (Phi) is 3.30. The van der Waals surface area contributed by atoms with Gasteiger partial charge in [0.25, 0.3) is 0 Å². The van der Waals surface area contributed by atoms with Gasteiger partial charge in [-0.2, -0.15) is 0 Å². The largest absolute Gasteiger partial charge is 0.316 e. The molecule has 0 bridgehead atoms. The Bertz CT molecular complexity index is 462. The average molecular weight is 239 g/mol. The summed E-state index contributed by atoms with van der Waals surface area (Å²) < 4.78 is 23.4. The summed E-state index contributed by atoms with van der Waals surface area (Å²) in [6, 6.07) is 7.35. The van der Waals surface area contributed by atoms with E-state index in [1.807, 2.05) is 12.1 Å². The first-order valence-electron chi connectivity index (χ1n) is 5.59. The van der Waals surface area contributed by atoms with Crippen LogP contribution in [0.4, 0.5) is 0 Å². The highest BCUT2D eigenvalue weighted by molar-refractivity contribution is 7.90. The summed E-state index contributed by atoms with van der Waals surface area (Å²) in [5.74, 6) is 0.333.